The van der Waals surface area contributed by atoms with E-state index >= 15 is 0 Å². The summed E-state index contributed by atoms with van der Waals surface area (Å²) in [6, 6.07) is 0. The molecule has 4 nitrogen and oxygen atoms in total. The molecule has 1 fully saturated rings. The number of carbonyl (C=O) groups excluding carboxylic acids is 1. The highest BCUT2D eigenvalue weighted by molar-refractivity contribution is 5.77. The molecular formula is C14H27NO3. The highest BCUT2D eigenvalue weighted by Gasteiger charge is 2.50. The number of likely N-dealkylation sites (tertiary alicyclic amines) is 1. The third-order valence-corrected chi connectivity index (χ3v) is 3.92. The summed E-state index contributed by atoms with van der Waals surface area (Å²) in [5.74, 6) is -0.0934. The van der Waals surface area contributed by atoms with Gasteiger partial charge in [0.1, 0.15) is 11.6 Å². The number of rotatable bonds is 6. The van der Waals surface area contributed by atoms with Crippen molar-refractivity contribution in [2.24, 2.45) is 5.41 Å². The molecular weight excluding hydrogens is 230 g/mol. The molecule has 0 spiro atoms. The molecule has 4 heteroatoms. The second-order valence-electron chi connectivity index (χ2n) is 4.77. The van der Waals surface area contributed by atoms with Gasteiger partial charge in [-0.2, -0.15) is 0 Å². The van der Waals surface area contributed by atoms with Crippen molar-refractivity contribution in [2.75, 3.05) is 26.3 Å². The zero-order valence-corrected chi connectivity index (χ0v) is 12.2. The Kier molecular flexibility index (Phi) is 6.09. The number of ether oxygens (including phenoxy) is 2. The average molecular weight is 257 g/mol. The lowest BCUT2D eigenvalue weighted by molar-refractivity contribution is -0.194. The van der Waals surface area contributed by atoms with E-state index in [4.69, 9.17) is 9.47 Å². The quantitative estimate of drug-likeness (QED) is 0.685. The standard InChI is InChI=1S/C14H27NO3/c1-5-14(13(16)18-8-4)10-9-11-15(6-2)12(14)17-7-3/h12H,5-11H2,1-4H3. The minimum atomic E-state index is -0.486. The SMILES string of the molecule is CCOC(=O)C1(CC)CCCN(CC)C1OCC. The molecule has 0 amide bonds. The van der Waals surface area contributed by atoms with Gasteiger partial charge in [0.15, 0.2) is 0 Å². The van der Waals surface area contributed by atoms with Crippen molar-refractivity contribution in [3.8, 4) is 0 Å². The molecule has 0 radical (unpaired) electrons. The normalized spacial score (nSPS) is 29.2. The third kappa shape index (κ3) is 2.86. The van der Waals surface area contributed by atoms with Crippen molar-refractivity contribution in [3.05, 3.63) is 0 Å². The van der Waals surface area contributed by atoms with Crippen LogP contribution in [0.1, 0.15) is 47.0 Å². The fourth-order valence-electron chi connectivity index (χ4n) is 2.91. The summed E-state index contributed by atoms with van der Waals surface area (Å²) in [7, 11) is 0. The Bertz CT molecular complexity index is 270. The van der Waals surface area contributed by atoms with Crippen LogP contribution in [0.5, 0.6) is 0 Å². The summed E-state index contributed by atoms with van der Waals surface area (Å²) in [5, 5.41) is 0. The Morgan fingerprint density at radius 3 is 2.50 bits per heavy atom. The van der Waals surface area contributed by atoms with Gasteiger partial charge in [0.05, 0.1) is 6.61 Å². The summed E-state index contributed by atoms with van der Waals surface area (Å²) in [4.78, 5) is 14.6. The van der Waals surface area contributed by atoms with E-state index < -0.39 is 5.41 Å². The van der Waals surface area contributed by atoms with Crippen LogP contribution in [0.2, 0.25) is 0 Å². The first-order valence-electron chi connectivity index (χ1n) is 7.19. The topological polar surface area (TPSA) is 38.8 Å². The molecule has 18 heavy (non-hydrogen) atoms. The van der Waals surface area contributed by atoms with Gasteiger partial charge in [-0.1, -0.05) is 13.8 Å². The molecule has 0 aromatic heterocycles. The molecule has 1 aliphatic rings. The maximum atomic E-state index is 12.4. The lowest BCUT2D eigenvalue weighted by atomic mass is 9.75. The van der Waals surface area contributed by atoms with Gasteiger partial charge in [-0.15, -0.1) is 0 Å². The van der Waals surface area contributed by atoms with Gasteiger partial charge in [0.25, 0.3) is 0 Å². The molecule has 1 heterocycles. The minimum Gasteiger partial charge on any atom is -0.465 e. The Morgan fingerprint density at radius 1 is 1.28 bits per heavy atom. The molecule has 1 aliphatic heterocycles. The van der Waals surface area contributed by atoms with Gasteiger partial charge in [-0.3, -0.25) is 9.69 Å². The first-order chi connectivity index (χ1) is 8.66. The van der Waals surface area contributed by atoms with Gasteiger partial charge in [-0.25, -0.2) is 0 Å². The lowest BCUT2D eigenvalue weighted by Gasteiger charge is -2.47. The fourth-order valence-corrected chi connectivity index (χ4v) is 2.91. The molecule has 0 aromatic rings. The first kappa shape index (κ1) is 15.4. The van der Waals surface area contributed by atoms with Crippen molar-refractivity contribution >= 4 is 5.97 Å². The second-order valence-corrected chi connectivity index (χ2v) is 4.77. The number of piperidine rings is 1. The van der Waals surface area contributed by atoms with E-state index in [1.807, 2.05) is 13.8 Å². The molecule has 0 aromatic carbocycles. The maximum absolute atomic E-state index is 12.4. The predicted molar refractivity (Wildman–Crippen MR) is 71.3 cm³/mol. The molecule has 106 valence electrons. The smallest absolute Gasteiger partial charge is 0.316 e. The van der Waals surface area contributed by atoms with Gasteiger partial charge < -0.3 is 9.47 Å². The van der Waals surface area contributed by atoms with Crippen LogP contribution in [-0.2, 0) is 14.3 Å². The summed E-state index contributed by atoms with van der Waals surface area (Å²) >= 11 is 0. The van der Waals surface area contributed by atoms with Crippen LogP contribution < -0.4 is 0 Å². The minimum absolute atomic E-state index is 0.0934. The number of hydrogen-bond acceptors (Lipinski definition) is 4. The molecule has 0 aliphatic carbocycles. The van der Waals surface area contributed by atoms with Crippen LogP contribution in [0, 0.1) is 5.41 Å². The molecule has 0 N–H and O–H groups in total. The number of nitrogens with zero attached hydrogens (tertiary/aromatic N) is 1. The van der Waals surface area contributed by atoms with E-state index in [1.54, 1.807) is 0 Å². The van der Waals surface area contributed by atoms with Gasteiger partial charge >= 0.3 is 5.97 Å². The predicted octanol–water partition coefficient (Wildman–Crippen LogP) is 2.42. The van der Waals surface area contributed by atoms with Crippen LogP contribution >= 0.6 is 0 Å². The van der Waals surface area contributed by atoms with E-state index in [9.17, 15) is 4.79 Å². The van der Waals surface area contributed by atoms with E-state index in [1.165, 1.54) is 0 Å². The molecule has 2 unspecified atom stereocenters. The highest BCUT2D eigenvalue weighted by Crippen LogP contribution is 2.40. The van der Waals surface area contributed by atoms with Crippen LogP contribution in [0.4, 0.5) is 0 Å². The Morgan fingerprint density at radius 2 is 2.00 bits per heavy atom. The molecule has 0 bridgehead atoms. The third-order valence-electron chi connectivity index (χ3n) is 3.92. The monoisotopic (exact) mass is 257 g/mol. The van der Waals surface area contributed by atoms with Crippen LogP contribution in [0.3, 0.4) is 0 Å². The van der Waals surface area contributed by atoms with Crippen molar-refractivity contribution in [1.82, 2.24) is 4.90 Å². The largest absolute Gasteiger partial charge is 0.465 e. The van der Waals surface area contributed by atoms with E-state index in [0.29, 0.717) is 13.2 Å². The summed E-state index contributed by atoms with van der Waals surface area (Å²) in [6.45, 7) is 11.0. The fraction of sp³-hybridized carbons (Fsp3) is 0.929. The molecule has 1 saturated heterocycles. The maximum Gasteiger partial charge on any atom is 0.316 e. The van der Waals surface area contributed by atoms with Crippen molar-refractivity contribution < 1.29 is 14.3 Å². The molecule has 0 saturated carbocycles. The Hall–Kier alpha value is -0.610. The van der Waals surface area contributed by atoms with E-state index in [2.05, 4.69) is 18.7 Å². The summed E-state index contributed by atoms with van der Waals surface area (Å²) in [6.07, 6.45) is 2.53. The molecule has 1 rings (SSSR count). The Balaban J connectivity index is 2.99. The zero-order valence-electron chi connectivity index (χ0n) is 12.2. The zero-order chi connectivity index (χ0) is 13.6. The average Bonchev–Trinajstić information content (AvgIpc) is 2.39. The number of carbonyl (C=O) groups is 1. The van der Waals surface area contributed by atoms with Gasteiger partial charge in [0.2, 0.25) is 0 Å². The number of hydrogen-bond donors (Lipinski definition) is 0. The van der Waals surface area contributed by atoms with Gasteiger partial charge in [-0.05, 0) is 39.7 Å². The van der Waals surface area contributed by atoms with Crippen LogP contribution in [0.25, 0.3) is 0 Å². The number of esters is 1. The van der Waals surface area contributed by atoms with Crippen molar-refractivity contribution in [3.63, 3.8) is 0 Å². The van der Waals surface area contributed by atoms with E-state index in [-0.39, 0.29) is 12.2 Å². The molecule has 2 atom stereocenters. The summed E-state index contributed by atoms with van der Waals surface area (Å²) in [5.41, 5.74) is -0.486. The van der Waals surface area contributed by atoms with Crippen molar-refractivity contribution in [1.29, 1.82) is 0 Å². The first-order valence-corrected chi connectivity index (χ1v) is 7.19. The highest BCUT2D eigenvalue weighted by atomic mass is 16.5. The van der Waals surface area contributed by atoms with Gasteiger partial charge in [0, 0.05) is 13.2 Å². The van der Waals surface area contributed by atoms with Crippen LogP contribution in [0.15, 0.2) is 0 Å². The Labute approximate surface area is 111 Å². The summed E-state index contributed by atoms with van der Waals surface area (Å²) < 4.78 is 11.2. The lowest BCUT2D eigenvalue weighted by Crippen LogP contribution is -2.57. The second kappa shape index (κ2) is 7.10. The van der Waals surface area contributed by atoms with E-state index in [0.717, 1.165) is 32.4 Å². The van der Waals surface area contributed by atoms with Crippen molar-refractivity contribution in [2.45, 2.75) is 53.2 Å². The van der Waals surface area contributed by atoms with Crippen LogP contribution in [-0.4, -0.2) is 43.4 Å².